The zero-order chi connectivity index (χ0) is 15.6. The molecule has 0 radical (unpaired) electrons. The van der Waals surface area contributed by atoms with Gasteiger partial charge in [-0.2, -0.15) is 0 Å². The summed E-state index contributed by atoms with van der Waals surface area (Å²) in [7, 11) is 0. The lowest BCUT2D eigenvalue weighted by Gasteiger charge is -2.12. The number of nitrogens with one attached hydrogen (secondary N) is 2. The van der Waals surface area contributed by atoms with E-state index in [1.54, 1.807) is 12.4 Å². The summed E-state index contributed by atoms with van der Waals surface area (Å²) in [5.41, 5.74) is 1.95. The molecule has 2 amide bonds. The van der Waals surface area contributed by atoms with Gasteiger partial charge in [-0.25, -0.2) is 4.79 Å². The standard InChI is InChI=1S/C17H21N3O2/c21-16(15-6-2-1-3-7-15)9-12-20-17(22)19-11-8-14-5-4-10-18-13-14/h1-7,10,13,16,21H,8-9,11-12H2,(H2,19,20,22). The maximum absolute atomic E-state index is 11.6. The predicted octanol–water partition coefficient (Wildman–Crippen LogP) is 2.05. The molecule has 1 aromatic carbocycles. The molecular weight excluding hydrogens is 278 g/mol. The molecule has 3 N–H and O–H groups in total. The van der Waals surface area contributed by atoms with Crippen molar-refractivity contribution in [3.05, 3.63) is 66.0 Å². The number of amides is 2. The molecule has 1 atom stereocenters. The highest BCUT2D eigenvalue weighted by molar-refractivity contribution is 5.73. The number of pyridine rings is 1. The lowest BCUT2D eigenvalue weighted by molar-refractivity contribution is 0.167. The number of aromatic nitrogens is 1. The van der Waals surface area contributed by atoms with Gasteiger partial charge in [-0.15, -0.1) is 0 Å². The number of rotatable bonds is 7. The van der Waals surface area contributed by atoms with Crippen LogP contribution in [0.1, 0.15) is 23.7 Å². The quantitative estimate of drug-likeness (QED) is 0.732. The van der Waals surface area contributed by atoms with Gasteiger partial charge in [0.1, 0.15) is 0 Å². The van der Waals surface area contributed by atoms with E-state index >= 15 is 0 Å². The van der Waals surface area contributed by atoms with Crippen molar-refractivity contribution in [3.8, 4) is 0 Å². The first kappa shape index (κ1) is 16.0. The van der Waals surface area contributed by atoms with E-state index in [0.717, 1.165) is 17.5 Å². The van der Waals surface area contributed by atoms with E-state index in [-0.39, 0.29) is 6.03 Å². The normalized spacial score (nSPS) is 11.7. The fourth-order valence-electron chi connectivity index (χ4n) is 2.09. The van der Waals surface area contributed by atoms with Crippen molar-refractivity contribution in [2.45, 2.75) is 18.9 Å². The third-order valence-corrected chi connectivity index (χ3v) is 3.31. The minimum Gasteiger partial charge on any atom is -0.388 e. The van der Waals surface area contributed by atoms with E-state index in [9.17, 15) is 9.90 Å². The Morgan fingerprint density at radius 2 is 1.86 bits per heavy atom. The highest BCUT2D eigenvalue weighted by atomic mass is 16.3. The number of hydrogen-bond acceptors (Lipinski definition) is 3. The van der Waals surface area contributed by atoms with Gasteiger partial charge in [-0.3, -0.25) is 4.98 Å². The van der Waals surface area contributed by atoms with Gasteiger partial charge in [0, 0.05) is 25.5 Å². The Bertz CT molecular complexity index is 561. The molecule has 2 rings (SSSR count). The number of hydrogen-bond donors (Lipinski definition) is 3. The molecule has 116 valence electrons. The van der Waals surface area contributed by atoms with Gasteiger partial charge in [0.15, 0.2) is 0 Å². The first-order valence-corrected chi connectivity index (χ1v) is 7.39. The van der Waals surface area contributed by atoms with Crippen molar-refractivity contribution in [2.24, 2.45) is 0 Å². The van der Waals surface area contributed by atoms with Crippen LogP contribution < -0.4 is 10.6 Å². The van der Waals surface area contributed by atoms with Crippen LogP contribution in [-0.4, -0.2) is 29.2 Å². The van der Waals surface area contributed by atoms with E-state index in [2.05, 4.69) is 15.6 Å². The lowest BCUT2D eigenvalue weighted by atomic mass is 10.1. The Kier molecular flexibility index (Phi) is 6.39. The molecule has 0 aliphatic heterocycles. The second kappa shape index (κ2) is 8.79. The number of nitrogens with zero attached hydrogens (tertiary/aromatic N) is 1. The van der Waals surface area contributed by atoms with Gasteiger partial charge >= 0.3 is 6.03 Å². The summed E-state index contributed by atoms with van der Waals surface area (Å²) in [5.74, 6) is 0. The fourth-order valence-corrected chi connectivity index (χ4v) is 2.09. The summed E-state index contributed by atoms with van der Waals surface area (Å²) in [4.78, 5) is 15.7. The van der Waals surface area contributed by atoms with E-state index < -0.39 is 6.10 Å². The summed E-state index contributed by atoms with van der Waals surface area (Å²) in [6.07, 6.45) is 4.18. The smallest absolute Gasteiger partial charge is 0.314 e. The number of carbonyl (C=O) groups is 1. The predicted molar refractivity (Wildman–Crippen MR) is 85.4 cm³/mol. The van der Waals surface area contributed by atoms with Gasteiger partial charge in [-0.1, -0.05) is 36.4 Å². The summed E-state index contributed by atoms with van der Waals surface area (Å²) in [6, 6.07) is 13.1. The second-order valence-electron chi connectivity index (χ2n) is 5.01. The molecule has 0 fully saturated rings. The Morgan fingerprint density at radius 1 is 1.09 bits per heavy atom. The van der Waals surface area contributed by atoms with Crippen molar-refractivity contribution in [1.82, 2.24) is 15.6 Å². The molecular formula is C17H21N3O2. The first-order chi connectivity index (χ1) is 10.8. The van der Waals surface area contributed by atoms with E-state index in [4.69, 9.17) is 0 Å². The summed E-state index contributed by atoms with van der Waals surface area (Å²) >= 11 is 0. The molecule has 1 unspecified atom stereocenters. The molecule has 0 spiro atoms. The number of aliphatic hydroxyl groups excluding tert-OH is 1. The number of aliphatic hydroxyl groups is 1. The molecule has 0 aliphatic rings. The SMILES string of the molecule is O=C(NCCc1cccnc1)NCCC(O)c1ccccc1. The molecule has 1 aromatic heterocycles. The topological polar surface area (TPSA) is 74.2 Å². The molecule has 0 saturated carbocycles. The zero-order valence-corrected chi connectivity index (χ0v) is 12.4. The van der Waals surface area contributed by atoms with Crippen LogP contribution >= 0.6 is 0 Å². The number of benzene rings is 1. The Balaban J connectivity index is 1.60. The Morgan fingerprint density at radius 3 is 2.59 bits per heavy atom. The highest BCUT2D eigenvalue weighted by Gasteiger charge is 2.07. The molecule has 5 heteroatoms. The monoisotopic (exact) mass is 299 g/mol. The van der Waals surface area contributed by atoms with Crippen LogP contribution in [0, 0.1) is 0 Å². The average Bonchev–Trinajstić information content (AvgIpc) is 2.56. The van der Waals surface area contributed by atoms with Crippen molar-refractivity contribution in [3.63, 3.8) is 0 Å². The van der Waals surface area contributed by atoms with Crippen molar-refractivity contribution >= 4 is 6.03 Å². The Labute approximate surface area is 130 Å². The molecule has 22 heavy (non-hydrogen) atoms. The minimum absolute atomic E-state index is 0.218. The molecule has 5 nitrogen and oxygen atoms in total. The van der Waals surface area contributed by atoms with Crippen molar-refractivity contribution < 1.29 is 9.90 Å². The number of carbonyl (C=O) groups excluding carboxylic acids is 1. The van der Waals surface area contributed by atoms with Gasteiger partial charge < -0.3 is 15.7 Å². The molecule has 1 heterocycles. The third kappa shape index (κ3) is 5.54. The molecule has 0 saturated heterocycles. The summed E-state index contributed by atoms with van der Waals surface area (Å²) in [5, 5.41) is 15.5. The maximum atomic E-state index is 11.6. The van der Waals surface area contributed by atoms with Crippen LogP contribution in [0.5, 0.6) is 0 Å². The summed E-state index contributed by atoms with van der Waals surface area (Å²) < 4.78 is 0. The lowest BCUT2D eigenvalue weighted by Crippen LogP contribution is -2.37. The highest BCUT2D eigenvalue weighted by Crippen LogP contribution is 2.14. The third-order valence-electron chi connectivity index (χ3n) is 3.31. The average molecular weight is 299 g/mol. The Hall–Kier alpha value is -2.40. The van der Waals surface area contributed by atoms with Crippen LogP contribution in [0.4, 0.5) is 4.79 Å². The van der Waals surface area contributed by atoms with Crippen LogP contribution in [0.3, 0.4) is 0 Å². The maximum Gasteiger partial charge on any atom is 0.314 e. The summed E-state index contributed by atoms with van der Waals surface area (Å²) in [6.45, 7) is 0.980. The molecule has 0 aliphatic carbocycles. The van der Waals surface area contributed by atoms with Crippen LogP contribution in [0.25, 0.3) is 0 Å². The molecule has 0 bridgehead atoms. The van der Waals surface area contributed by atoms with Gasteiger partial charge in [-0.05, 0) is 30.0 Å². The minimum atomic E-state index is -0.558. The van der Waals surface area contributed by atoms with E-state index in [0.29, 0.717) is 19.5 Å². The number of urea groups is 1. The van der Waals surface area contributed by atoms with Gasteiger partial charge in [0.05, 0.1) is 6.10 Å². The zero-order valence-electron chi connectivity index (χ0n) is 12.4. The molecule has 2 aromatic rings. The second-order valence-corrected chi connectivity index (χ2v) is 5.01. The van der Waals surface area contributed by atoms with E-state index in [1.807, 2.05) is 42.5 Å². The van der Waals surface area contributed by atoms with Crippen molar-refractivity contribution in [1.29, 1.82) is 0 Å². The first-order valence-electron chi connectivity index (χ1n) is 7.39. The van der Waals surface area contributed by atoms with Crippen molar-refractivity contribution in [2.75, 3.05) is 13.1 Å². The fraction of sp³-hybridized carbons (Fsp3) is 0.294. The van der Waals surface area contributed by atoms with E-state index in [1.165, 1.54) is 0 Å². The van der Waals surface area contributed by atoms with Crippen LogP contribution in [-0.2, 0) is 6.42 Å². The van der Waals surface area contributed by atoms with Crippen LogP contribution in [0.2, 0.25) is 0 Å². The van der Waals surface area contributed by atoms with Gasteiger partial charge in [0.25, 0.3) is 0 Å². The van der Waals surface area contributed by atoms with Crippen LogP contribution in [0.15, 0.2) is 54.9 Å². The largest absolute Gasteiger partial charge is 0.388 e. The van der Waals surface area contributed by atoms with Gasteiger partial charge in [0.2, 0.25) is 0 Å².